The van der Waals surface area contributed by atoms with Gasteiger partial charge in [0.05, 0.1) is 10.6 Å². The van der Waals surface area contributed by atoms with E-state index in [0.717, 1.165) is 30.2 Å². The number of nitrogens with zero attached hydrogens (tertiary/aromatic N) is 3. The Morgan fingerprint density at radius 2 is 1.94 bits per heavy atom. The van der Waals surface area contributed by atoms with Crippen LogP contribution in [-0.2, 0) is 21.4 Å². The molecule has 1 aliphatic heterocycles. The molecule has 1 N–H and O–H groups in total. The van der Waals surface area contributed by atoms with Crippen molar-refractivity contribution in [2.75, 3.05) is 24.2 Å². The van der Waals surface area contributed by atoms with Crippen LogP contribution >= 0.6 is 11.8 Å². The number of ether oxygens (including phenoxy) is 1. The maximum atomic E-state index is 12.7. The number of thioether (sulfide) groups is 1. The second-order valence-corrected chi connectivity index (χ2v) is 10.4. The van der Waals surface area contributed by atoms with Crippen LogP contribution in [0.1, 0.15) is 24.3 Å². The van der Waals surface area contributed by atoms with E-state index in [2.05, 4.69) is 15.5 Å². The summed E-state index contributed by atoms with van der Waals surface area (Å²) >= 11 is 1.09. The normalized spacial score (nSPS) is 14.3. The van der Waals surface area contributed by atoms with E-state index in [4.69, 9.17) is 9.15 Å². The number of carbonyl (C=O) groups is 1. The monoisotopic (exact) mass is 488 g/mol. The number of rotatable bonds is 9. The topological polar surface area (TPSA) is 115 Å². The third-order valence-electron chi connectivity index (χ3n) is 4.95. The second kappa shape index (κ2) is 10.4. The van der Waals surface area contributed by atoms with Crippen LogP contribution in [0.5, 0.6) is 5.75 Å². The van der Waals surface area contributed by atoms with Crippen molar-refractivity contribution in [1.29, 1.82) is 0 Å². The molecule has 1 fully saturated rings. The fourth-order valence-corrected chi connectivity index (χ4v) is 5.49. The lowest BCUT2D eigenvalue weighted by molar-refractivity contribution is -0.113. The van der Waals surface area contributed by atoms with E-state index in [9.17, 15) is 13.2 Å². The molecule has 9 nitrogen and oxygen atoms in total. The van der Waals surface area contributed by atoms with E-state index in [1.54, 1.807) is 12.1 Å². The zero-order chi connectivity index (χ0) is 23.3. The van der Waals surface area contributed by atoms with Crippen LogP contribution in [-0.4, -0.2) is 47.7 Å². The van der Waals surface area contributed by atoms with Gasteiger partial charge in [-0.05, 0) is 55.7 Å². The Morgan fingerprint density at radius 1 is 1.15 bits per heavy atom. The summed E-state index contributed by atoms with van der Waals surface area (Å²) in [7, 11) is -3.55. The molecule has 0 aliphatic carbocycles. The van der Waals surface area contributed by atoms with Crippen molar-refractivity contribution in [1.82, 2.24) is 14.5 Å². The highest BCUT2D eigenvalue weighted by Crippen LogP contribution is 2.24. The maximum Gasteiger partial charge on any atom is 0.277 e. The third kappa shape index (κ3) is 6.12. The highest BCUT2D eigenvalue weighted by Gasteiger charge is 2.27. The van der Waals surface area contributed by atoms with Crippen molar-refractivity contribution in [2.24, 2.45) is 0 Å². The van der Waals surface area contributed by atoms with Gasteiger partial charge in [0.1, 0.15) is 5.75 Å². The highest BCUT2D eigenvalue weighted by molar-refractivity contribution is 7.99. The van der Waals surface area contributed by atoms with Crippen LogP contribution < -0.4 is 10.1 Å². The molecule has 0 radical (unpaired) electrons. The summed E-state index contributed by atoms with van der Waals surface area (Å²) in [6.07, 6.45) is 1.73. The summed E-state index contributed by atoms with van der Waals surface area (Å²) in [5.41, 5.74) is 1.50. The Hall–Kier alpha value is -2.89. The third-order valence-corrected chi connectivity index (χ3v) is 7.66. The average Bonchev–Trinajstić information content (AvgIpc) is 3.49. The molecule has 3 aromatic rings. The van der Waals surface area contributed by atoms with Crippen LogP contribution in [0.25, 0.3) is 0 Å². The lowest BCUT2D eigenvalue weighted by Crippen LogP contribution is -2.28. The molecule has 11 heteroatoms. The van der Waals surface area contributed by atoms with Crippen molar-refractivity contribution in [3.8, 4) is 5.75 Å². The number of aromatic nitrogens is 2. The van der Waals surface area contributed by atoms with E-state index in [-0.39, 0.29) is 28.4 Å². The van der Waals surface area contributed by atoms with E-state index < -0.39 is 10.0 Å². The van der Waals surface area contributed by atoms with Gasteiger partial charge < -0.3 is 14.5 Å². The minimum Gasteiger partial charge on any atom is -0.484 e. The quantitative estimate of drug-likeness (QED) is 0.455. The zero-order valence-electron chi connectivity index (χ0n) is 18.1. The van der Waals surface area contributed by atoms with Gasteiger partial charge in [0, 0.05) is 18.8 Å². The first kappa shape index (κ1) is 23.3. The Bertz CT molecular complexity index is 1220. The fraction of sp³-hybridized carbons (Fsp3) is 0.318. The molecule has 2 heterocycles. The standard InChI is InChI=1S/C22H24N4O5S2/c1-16-6-4-8-18(12-16)30-14-21-24-25-22(31-21)32-15-20(27)23-17-7-5-9-19(13-17)33(28,29)26-10-2-3-11-26/h4-9,12-13H,2-3,10-11,14-15H2,1H3,(H,23,27). The number of hydrogen-bond donors (Lipinski definition) is 1. The first-order valence-electron chi connectivity index (χ1n) is 10.4. The molecule has 4 rings (SSSR count). The number of nitrogens with one attached hydrogen (secondary N) is 1. The molecule has 0 atom stereocenters. The van der Waals surface area contributed by atoms with Gasteiger partial charge in [-0.1, -0.05) is 30.0 Å². The van der Waals surface area contributed by atoms with Crippen molar-refractivity contribution in [3.63, 3.8) is 0 Å². The first-order valence-corrected chi connectivity index (χ1v) is 12.9. The number of benzene rings is 2. The Labute approximate surface area is 196 Å². The van der Waals surface area contributed by atoms with Crippen LogP contribution in [0.2, 0.25) is 0 Å². The molecular weight excluding hydrogens is 464 g/mol. The second-order valence-electron chi connectivity index (χ2n) is 7.54. The van der Waals surface area contributed by atoms with Gasteiger partial charge in [0.25, 0.3) is 11.1 Å². The smallest absolute Gasteiger partial charge is 0.277 e. The Morgan fingerprint density at radius 3 is 2.73 bits per heavy atom. The van der Waals surface area contributed by atoms with Gasteiger partial charge in [-0.3, -0.25) is 4.79 Å². The fourth-order valence-electron chi connectivity index (χ4n) is 3.34. The number of aryl methyl sites for hydroxylation is 1. The summed E-state index contributed by atoms with van der Waals surface area (Å²) in [4.78, 5) is 12.5. The van der Waals surface area contributed by atoms with Gasteiger partial charge in [-0.15, -0.1) is 10.2 Å². The number of carbonyl (C=O) groups excluding carboxylic acids is 1. The number of sulfonamides is 1. The molecule has 0 saturated carbocycles. The number of hydrogen-bond acceptors (Lipinski definition) is 8. The molecule has 1 aromatic heterocycles. The highest BCUT2D eigenvalue weighted by atomic mass is 32.2. The lowest BCUT2D eigenvalue weighted by Gasteiger charge is -2.16. The largest absolute Gasteiger partial charge is 0.484 e. The van der Waals surface area contributed by atoms with Crippen molar-refractivity contribution < 1.29 is 22.4 Å². The van der Waals surface area contributed by atoms with E-state index in [0.29, 0.717) is 30.4 Å². The van der Waals surface area contributed by atoms with Gasteiger partial charge in [-0.25, -0.2) is 8.42 Å². The molecule has 2 aromatic carbocycles. The van der Waals surface area contributed by atoms with Crippen LogP contribution in [0.3, 0.4) is 0 Å². The van der Waals surface area contributed by atoms with Gasteiger partial charge in [0.2, 0.25) is 15.9 Å². The lowest BCUT2D eigenvalue weighted by atomic mass is 10.2. The summed E-state index contributed by atoms with van der Waals surface area (Å²) < 4.78 is 38.0. The van der Waals surface area contributed by atoms with Crippen LogP contribution in [0, 0.1) is 6.92 Å². The summed E-state index contributed by atoms with van der Waals surface area (Å²) in [6, 6.07) is 13.9. The molecule has 33 heavy (non-hydrogen) atoms. The van der Waals surface area contributed by atoms with Crippen LogP contribution in [0.15, 0.2) is 63.1 Å². The molecule has 1 aliphatic rings. The summed E-state index contributed by atoms with van der Waals surface area (Å²) in [6.45, 7) is 3.15. The average molecular weight is 489 g/mol. The molecule has 0 unspecified atom stereocenters. The molecule has 174 valence electrons. The summed E-state index contributed by atoms with van der Waals surface area (Å²) in [5, 5.41) is 10.8. The van der Waals surface area contributed by atoms with Gasteiger partial charge >= 0.3 is 0 Å². The zero-order valence-corrected chi connectivity index (χ0v) is 19.7. The summed E-state index contributed by atoms with van der Waals surface area (Å²) in [5.74, 6) is 0.727. The van der Waals surface area contributed by atoms with Crippen molar-refractivity contribution >= 4 is 33.4 Å². The Kier molecular flexibility index (Phi) is 7.31. The number of anilines is 1. The number of amides is 1. The molecule has 1 saturated heterocycles. The van der Waals surface area contributed by atoms with Crippen LogP contribution in [0.4, 0.5) is 5.69 Å². The van der Waals surface area contributed by atoms with E-state index >= 15 is 0 Å². The SMILES string of the molecule is Cc1cccc(OCc2nnc(SCC(=O)Nc3cccc(S(=O)(=O)N4CCCC4)c3)o2)c1. The van der Waals surface area contributed by atoms with Gasteiger partial charge in [0.15, 0.2) is 6.61 Å². The van der Waals surface area contributed by atoms with Crippen molar-refractivity contribution in [2.45, 2.75) is 36.5 Å². The minimum atomic E-state index is -3.55. The van der Waals surface area contributed by atoms with E-state index in [1.807, 2.05) is 31.2 Å². The minimum absolute atomic E-state index is 0.0312. The van der Waals surface area contributed by atoms with E-state index in [1.165, 1.54) is 16.4 Å². The molecular formula is C22H24N4O5S2. The van der Waals surface area contributed by atoms with Gasteiger partial charge in [-0.2, -0.15) is 4.31 Å². The molecule has 0 bridgehead atoms. The molecule has 0 spiro atoms. The molecule has 1 amide bonds. The first-order chi connectivity index (χ1) is 15.9. The Balaban J connectivity index is 1.28. The predicted octanol–water partition coefficient (Wildman–Crippen LogP) is 3.47. The maximum absolute atomic E-state index is 12.7. The van der Waals surface area contributed by atoms with Crippen molar-refractivity contribution in [3.05, 3.63) is 60.0 Å². The predicted molar refractivity (Wildman–Crippen MR) is 124 cm³/mol.